The summed E-state index contributed by atoms with van der Waals surface area (Å²) in [6.45, 7) is -1.21. The fourth-order valence-electron chi connectivity index (χ4n) is 3.39. The number of carbonyl (C=O) groups is 1. The number of para-hydroxylation sites is 2. The normalized spacial score (nSPS) is 16.5. The van der Waals surface area contributed by atoms with Crippen LogP contribution in [0.3, 0.4) is 0 Å². The van der Waals surface area contributed by atoms with Gasteiger partial charge in [0.2, 0.25) is 0 Å². The van der Waals surface area contributed by atoms with E-state index in [0.29, 0.717) is 28.9 Å². The van der Waals surface area contributed by atoms with Crippen molar-refractivity contribution >= 4 is 28.6 Å². The lowest BCUT2D eigenvalue weighted by atomic mass is 9.96. The fraction of sp³-hybridized carbons (Fsp3) is 0.300. The molecular weight excluding hydrogens is 374 g/mol. The van der Waals surface area contributed by atoms with Crippen molar-refractivity contribution < 1.29 is 18.3 Å². The van der Waals surface area contributed by atoms with Gasteiger partial charge < -0.3 is 4.74 Å². The maximum Gasteiger partial charge on any atom is 0.320 e. The topological polar surface area (TPSA) is 44.1 Å². The molecule has 7 heteroatoms. The molecule has 1 atom stereocenters. The highest BCUT2D eigenvalue weighted by Crippen LogP contribution is 2.50. The van der Waals surface area contributed by atoms with Crippen LogP contribution < -0.4 is 0 Å². The van der Waals surface area contributed by atoms with Crippen molar-refractivity contribution in [3.63, 3.8) is 0 Å². The highest BCUT2D eigenvalue weighted by atomic mass is 35.5. The summed E-state index contributed by atoms with van der Waals surface area (Å²) in [4.78, 5) is 17.1. The van der Waals surface area contributed by atoms with Crippen LogP contribution in [0.4, 0.5) is 8.78 Å². The van der Waals surface area contributed by atoms with Gasteiger partial charge in [0, 0.05) is 5.02 Å². The second kappa shape index (κ2) is 6.60. The quantitative estimate of drug-likeness (QED) is 0.546. The molecule has 0 N–H and O–H groups in total. The van der Waals surface area contributed by atoms with Crippen LogP contribution in [0, 0.1) is 0 Å². The van der Waals surface area contributed by atoms with E-state index in [1.807, 2.05) is 0 Å². The lowest BCUT2D eigenvalue weighted by Crippen LogP contribution is -2.25. The first-order valence-corrected chi connectivity index (χ1v) is 9.02. The Morgan fingerprint density at radius 1 is 1.19 bits per heavy atom. The van der Waals surface area contributed by atoms with Gasteiger partial charge in [-0.3, -0.25) is 9.36 Å². The summed E-state index contributed by atoms with van der Waals surface area (Å²) in [6.07, 6.45) is 0.417. The molecule has 0 spiro atoms. The summed E-state index contributed by atoms with van der Waals surface area (Å²) in [6, 6.07) is 13.7. The minimum Gasteiger partial charge on any atom is -0.454 e. The Morgan fingerprint density at radius 3 is 2.48 bits per heavy atom. The maximum absolute atomic E-state index is 13.6. The molecule has 1 heterocycles. The van der Waals surface area contributed by atoms with E-state index in [9.17, 15) is 13.6 Å². The molecule has 4 rings (SSSR count). The summed E-state index contributed by atoms with van der Waals surface area (Å²) < 4.78 is 33.6. The van der Waals surface area contributed by atoms with E-state index in [1.165, 1.54) is 0 Å². The first-order valence-electron chi connectivity index (χ1n) is 8.64. The zero-order valence-corrected chi connectivity index (χ0v) is 15.3. The maximum atomic E-state index is 13.6. The summed E-state index contributed by atoms with van der Waals surface area (Å²) in [7, 11) is 0. The van der Waals surface area contributed by atoms with E-state index >= 15 is 0 Å². The Bertz CT molecular complexity index is 997. The van der Waals surface area contributed by atoms with Gasteiger partial charge in [-0.2, -0.15) is 8.78 Å². The first-order chi connectivity index (χ1) is 12.9. The number of nitrogens with zero attached hydrogens (tertiary/aromatic N) is 2. The van der Waals surface area contributed by atoms with Crippen LogP contribution in [-0.4, -0.2) is 15.5 Å². The van der Waals surface area contributed by atoms with Gasteiger partial charge in [0.1, 0.15) is 0 Å². The molecule has 27 heavy (non-hydrogen) atoms. The molecule has 1 saturated carbocycles. The number of rotatable bonds is 5. The predicted octanol–water partition coefficient (Wildman–Crippen LogP) is 5.42. The van der Waals surface area contributed by atoms with Crippen LogP contribution in [0.1, 0.15) is 43.8 Å². The van der Waals surface area contributed by atoms with Crippen LogP contribution in [0.15, 0.2) is 48.5 Å². The van der Waals surface area contributed by atoms with Crippen molar-refractivity contribution in [2.24, 2.45) is 0 Å². The van der Waals surface area contributed by atoms with Crippen molar-refractivity contribution in [3.05, 3.63) is 64.9 Å². The molecule has 0 radical (unpaired) electrons. The van der Waals surface area contributed by atoms with E-state index in [0.717, 1.165) is 10.1 Å². The zero-order valence-electron chi connectivity index (χ0n) is 14.5. The number of carbonyl (C=O) groups excluding carboxylic acids is 1. The second-order valence-electron chi connectivity index (χ2n) is 6.74. The lowest BCUT2D eigenvalue weighted by Gasteiger charge is -2.20. The molecule has 1 aliphatic rings. The number of hydrogen-bond acceptors (Lipinski definition) is 3. The fourth-order valence-corrected chi connectivity index (χ4v) is 3.51. The minimum atomic E-state index is -2.78. The predicted molar refractivity (Wildman–Crippen MR) is 97.9 cm³/mol. The number of aromatic nitrogens is 2. The van der Waals surface area contributed by atoms with Crippen LogP contribution in [0.2, 0.25) is 5.02 Å². The number of esters is 1. The lowest BCUT2D eigenvalue weighted by molar-refractivity contribution is -0.152. The van der Waals surface area contributed by atoms with Crippen LogP contribution in [0.25, 0.3) is 11.0 Å². The third-order valence-corrected chi connectivity index (χ3v) is 5.26. The monoisotopic (exact) mass is 390 g/mol. The SMILES string of the molecule is CC(OC(=O)C1(c2ccc(Cl)cc2)CC1)c1nc2ccccc2n1C(F)F. The third kappa shape index (κ3) is 3.08. The number of ether oxygens (including phenoxy) is 1. The molecule has 0 bridgehead atoms. The van der Waals surface area contributed by atoms with Gasteiger partial charge in [-0.15, -0.1) is 0 Å². The van der Waals surface area contributed by atoms with E-state index < -0.39 is 24.0 Å². The molecule has 0 aliphatic heterocycles. The smallest absolute Gasteiger partial charge is 0.320 e. The minimum absolute atomic E-state index is 0.0338. The van der Waals surface area contributed by atoms with Crippen molar-refractivity contribution in [2.75, 3.05) is 0 Å². The zero-order chi connectivity index (χ0) is 19.2. The van der Waals surface area contributed by atoms with Crippen LogP contribution in [-0.2, 0) is 14.9 Å². The average Bonchev–Trinajstić information content (AvgIpc) is 3.36. The molecule has 2 aromatic carbocycles. The van der Waals surface area contributed by atoms with Gasteiger partial charge >= 0.3 is 12.5 Å². The van der Waals surface area contributed by atoms with Gasteiger partial charge in [0.05, 0.1) is 16.4 Å². The Kier molecular flexibility index (Phi) is 4.38. The summed E-state index contributed by atoms with van der Waals surface area (Å²) in [5.41, 5.74) is 0.853. The van der Waals surface area contributed by atoms with E-state index in [-0.39, 0.29) is 5.82 Å². The largest absolute Gasteiger partial charge is 0.454 e. The highest BCUT2D eigenvalue weighted by molar-refractivity contribution is 6.30. The van der Waals surface area contributed by atoms with Gasteiger partial charge in [-0.25, -0.2) is 4.98 Å². The second-order valence-corrected chi connectivity index (χ2v) is 7.18. The van der Waals surface area contributed by atoms with Gasteiger partial charge in [0.25, 0.3) is 0 Å². The van der Waals surface area contributed by atoms with Crippen molar-refractivity contribution in [2.45, 2.75) is 37.8 Å². The van der Waals surface area contributed by atoms with Gasteiger partial charge in [-0.1, -0.05) is 35.9 Å². The molecule has 140 valence electrons. The number of halogens is 3. The number of hydrogen-bond donors (Lipinski definition) is 0. The standard InChI is InChI=1S/C20H17ClF2N2O2/c1-12(17-24-15-4-2-3-5-16(15)25(17)19(22)23)27-18(26)20(10-11-20)13-6-8-14(21)9-7-13/h2-9,12,19H,10-11H2,1H3. The summed E-state index contributed by atoms with van der Waals surface area (Å²) in [5.74, 6) is -0.392. The Balaban J connectivity index is 1.62. The molecule has 1 aliphatic carbocycles. The van der Waals surface area contributed by atoms with Crippen LogP contribution in [0.5, 0.6) is 0 Å². The Hall–Kier alpha value is -2.47. The molecule has 1 unspecified atom stereocenters. The summed E-state index contributed by atoms with van der Waals surface area (Å²) >= 11 is 5.91. The molecule has 3 aromatic rings. The van der Waals surface area contributed by atoms with Crippen molar-refractivity contribution in [1.29, 1.82) is 0 Å². The van der Waals surface area contributed by atoms with Crippen molar-refractivity contribution in [1.82, 2.24) is 9.55 Å². The molecular formula is C20H17ClF2N2O2. The summed E-state index contributed by atoms with van der Waals surface area (Å²) in [5, 5.41) is 0.585. The average molecular weight is 391 g/mol. The molecule has 0 amide bonds. The molecule has 1 aromatic heterocycles. The molecule has 0 saturated heterocycles. The molecule has 1 fully saturated rings. The Labute approximate surface area is 159 Å². The van der Waals surface area contributed by atoms with Crippen molar-refractivity contribution in [3.8, 4) is 0 Å². The third-order valence-electron chi connectivity index (χ3n) is 5.00. The van der Waals surface area contributed by atoms with Crippen LogP contribution >= 0.6 is 11.6 Å². The van der Waals surface area contributed by atoms with E-state index in [4.69, 9.17) is 16.3 Å². The number of alkyl halides is 2. The first kappa shape index (κ1) is 17.9. The molecule has 4 nitrogen and oxygen atoms in total. The Morgan fingerprint density at radius 2 is 1.85 bits per heavy atom. The van der Waals surface area contributed by atoms with Gasteiger partial charge in [0.15, 0.2) is 11.9 Å². The van der Waals surface area contributed by atoms with E-state index in [1.54, 1.807) is 55.5 Å². The number of fused-ring (bicyclic) bond motifs is 1. The number of benzene rings is 2. The van der Waals surface area contributed by atoms with Gasteiger partial charge in [-0.05, 0) is 49.6 Å². The van der Waals surface area contributed by atoms with E-state index in [2.05, 4.69) is 4.98 Å². The number of imidazole rings is 1. The highest BCUT2D eigenvalue weighted by Gasteiger charge is 2.53.